The minimum absolute atomic E-state index is 0.0226. The van der Waals surface area contributed by atoms with Crippen LogP contribution in [-0.2, 0) is 6.54 Å². The van der Waals surface area contributed by atoms with Crippen LogP contribution in [0.4, 0.5) is 0 Å². The third-order valence-electron chi connectivity index (χ3n) is 4.01. The Morgan fingerprint density at radius 2 is 2.19 bits per heavy atom. The summed E-state index contributed by atoms with van der Waals surface area (Å²) in [6.07, 6.45) is 3.67. The molecule has 0 N–H and O–H groups in total. The molecule has 0 atom stereocenters. The van der Waals surface area contributed by atoms with Gasteiger partial charge in [-0.05, 0) is 32.8 Å². The summed E-state index contributed by atoms with van der Waals surface area (Å²) >= 11 is 0. The average molecular weight is 288 g/mol. The smallest absolute Gasteiger partial charge is 0.274 e. The normalized spacial score (nSPS) is 16.4. The van der Waals surface area contributed by atoms with E-state index in [4.69, 9.17) is 4.52 Å². The highest BCUT2D eigenvalue weighted by Gasteiger charge is 2.27. The van der Waals surface area contributed by atoms with Gasteiger partial charge in [0, 0.05) is 37.8 Å². The molecule has 0 saturated carbocycles. The maximum atomic E-state index is 12.4. The molecule has 112 valence electrons. The molecule has 6 heteroatoms. The lowest BCUT2D eigenvalue weighted by Gasteiger charge is -2.30. The molecule has 2 aromatic rings. The number of hydrogen-bond donors (Lipinski definition) is 0. The van der Waals surface area contributed by atoms with Gasteiger partial charge in [0.05, 0.1) is 5.69 Å². The number of amides is 1. The molecule has 0 unspecified atom stereocenters. The number of aryl methyl sites for hydroxylation is 2. The lowest BCUT2D eigenvalue weighted by atomic mass is 9.94. The summed E-state index contributed by atoms with van der Waals surface area (Å²) < 4.78 is 7.11. The number of nitrogens with zero attached hydrogens (tertiary/aromatic N) is 4. The van der Waals surface area contributed by atoms with Gasteiger partial charge in [-0.1, -0.05) is 5.16 Å². The fraction of sp³-hybridized carbons (Fsp3) is 0.533. The highest BCUT2D eigenvalue weighted by atomic mass is 16.5. The Balaban J connectivity index is 1.61. The summed E-state index contributed by atoms with van der Waals surface area (Å²) in [6.45, 7) is 6.19. The topological polar surface area (TPSA) is 64.2 Å². The quantitative estimate of drug-likeness (QED) is 0.868. The molecular weight excluding hydrogens is 268 g/mol. The summed E-state index contributed by atoms with van der Waals surface area (Å²) in [5.74, 6) is 1.33. The van der Waals surface area contributed by atoms with E-state index >= 15 is 0 Å². The van der Waals surface area contributed by atoms with Crippen molar-refractivity contribution in [2.75, 3.05) is 13.1 Å². The van der Waals surface area contributed by atoms with Crippen LogP contribution < -0.4 is 0 Å². The molecular formula is C15H20N4O2. The van der Waals surface area contributed by atoms with Gasteiger partial charge in [-0.25, -0.2) is 0 Å². The first-order chi connectivity index (χ1) is 10.2. The Morgan fingerprint density at radius 1 is 1.43 bits per heavy atom. The lowest BCUT2D eigenvalue weighted by molar-refractivity contribution is 0.0699. The molecule has 0 bridgehead atoms. The molecule has 3 heterocycles. The second-order valence-corrected chi connectivity index (χ2v) is 5.49. The first-order valence-corrected chi connectivity index (χ1v) is 7.43. The van der Waals surface area contributed by atoms with E-state index in [1.165, 1.54) is 0 Å². The number of piperidine rings is 1. The Bertz CT molecular complexity index is 623. The highest BCUT2D eigenvalue weighted by Crippen LogP contribution is 2.28. The minimum Gasteiger partial charge on any atom is -0.361 e. The van der Waals surface area contributed by atoms with E-state index in [0.717, 1.165) is 43.9 Å². The molecule has 0 spiro atoms. The van der Waals surface area contributed by atoms with E-state index in [1.54, 1.807) is 10.7 Å². The predicted octanol–water partition coefficient (Wildman–Crippen LogP) is 2.22. The summed E-state index contributed by atoms with van der Waals surface area (Å²) in [5, 5.41) is 8.22. The molecule has 1 saturated heterocycles. The van der Waals surface area contributed by atoms with E-state index in [-0.39, 0.29) is 5.91 Å². The fourth-order valence-corrected chi connectivity index (χ4v) is 2.76. The number of hydrogen-bond acceptors (Lipinski definition) is 4. The van der Waals surface area contributed by atoms with Crippen molar-refractivity contribution in [3.8, 4) is 0 Å². The van der Waals surface area contributed by atoms with Crippen LogP contribution in [0.25, 0.3) is 0 Å². The van der Waals surface area contributed by atoms with Crippen molar-refractivity contribution in [3.05, 3.63) is 35.5 Å². The zero-order valence-corrected chi connectivity index (χ0v) is 12.5. The van der Waals surface area contributed by atoms with Gasteiger partial charge < -0.3 is 9.42 Å². The monoisotopic (exact) mass is 288 g/mol. The molecule has 0 radical (unpaired) electrons. The van der Waals surface area contributed by atoms with Crippen molar-refractivity contribution in [2.45, 2.75) is 39.2 Å². The molecule has 1 fully saturated rings. The van der Waals surface area contributed by atoms with Crippen LogP contribution >= 0.6 is 0 Å². The molecule has 6 nitrogen and oxygen atoms in total. The average Bonchev–Trinajstić information content (AvgIpc) is 3.15. The van der Waals surface area contributed by atoms with Gasteiger partial charge in [-0.3, -0.25) is 9.48 Å². The third-order valence-corrected chi connectivity index (χ3v) is 4.01. The van der Waals surface area contributed by atoms with Crippen LogP contribution in [0.5, 0.6) is 0 Å². The SMILES string of the molecule is CCn1ccc(C(=O)N2CCC(c3cc(C)no3)CC2)n1. The van der Waals surface area contributed by atoms with E-state index in [0.29, 0.717) is 11.6 Å². The van der Waals surface area contributed by atoms with E-state index in [1.807, 2.05) is 31.0 Å². The molecule has 21 heavy (non-hydrogen) atoms. The number of aromatic nitrogens is 3. The lowest BCUT2D eigenvalue weighted by Crippen LogP contribution is -2.38. The van der Waals surface area contributed by atoms with E-state index in [9.17, 15) is 4.79 Å². The van der Waals surface area contributed by atoms with E-state index in [2.05, 4.69) is 10.3 Å². The molecule has 1 amide bonds. The zero-order valence-electron chi connectivity index (χ0n) is 12.5. The minimum atomic E-state index is 0.0226. The number of rotatable bonds is 3. The number of carbonyl (C=O) groups excluding carboxylic acids is 1. The van der Waals surface area contributed by atoms with Crippen molar-refractivity contribution in [2.24, 2.45) is 0 Å². The first kappa shape index (κ1) is 13.9. The summed E-state index contributed by atoms with van der Waals surface area (Å²) in [5.41, 5.74) is 1.44. The Morgan fingerprint density at radius 3 is 2.76 bits per heavy atom. The second kappa shape index (κ2) is 5.71. The van der Waals surface area contributed by atoms with Gasteiger partial charge in [-0.15, -0.1) is 0 Å². The molecule has 1 aliphatic heterocycles. The van der Waals surface area contributed by atoms with Crippen LogP contribution in [-0.4, -0.2) is 38.8 Å². The van der Waals surface area contributed by atoms with Crippen LogP contribution in [0.1, 0.15) is 47.6 Å². The van der Waals surface area contributed by atoms with Crippen molar-refractivity contribution >= 4 is 5.91 Å². The van der Waals surface area contributed by atoms with Gasteiger partial charge in [0.25, 0.3) is 5.91 Å². The van der Waals surface area contributed by atoms with Gasteiger partial charge in [0.2, 0.25) is 0 Å². The summed E-state index contributed by atoms with van der Waals surface area (Å²) in [6, 6.07) is 3.78. The highest BCUT2D eigenvalue weighted by molar-refractivity contribution is 5.92. The van der Waals surface area contributed by atoms with Gasteiger partial charge >= 0.3 is 0 Å². The van der Waals surface area contributed by atoms with Gasteiger partial charge in [0.15, 0.2) is 0 Å². The molecule has 3 rings (SSSR count). The largest absolute Gasteiger partial charge is 0.361 e. The molecule has 0 aromatic carbocycles. The van der Waals surface area contributed by atoms with Crippen molar-refractivity contribution in [3.63, 3.8) is 0 Å². The first-order valence-electron chi connectivity index (χ1n) is 7.43. The molecule has 0 aliphatic carbocycles. The number of likely N-dealkylation sites (tertiary alicyclic amines) is 1. The standard InChI is InChI=1S/C15H20N4O2/c1-3-19-9-6-13(16-19)15(20)18-7-4-12(5-8-18)14-10-11(2)17-21-14/h6,9-10,12H,3-5,7-8H2,1-2H3. The van der Waals surface area contributed by atoms with Crippen LogP contribution in [0.3, 0.4) is 0 Å². The molecule has 2 aromatic heterocycles. The van der Waals surface area contributed by atoms with Crippen LogP contribution in [0, 0.1) is 6.92 Å². The second-order valence-electron chi connectivity index (χ2n) is 5.49. The zero-order chi connectivity index (χ0) is 14.8. The molecule has 1 aliphatic rings. The van der Waals surface area contributed by atoms with Crippen LogP contribution in [0.15, 0.2) is 22.9 Å². The maximum Gasteiger partial charge on any atom is 0.274 e. The Hall–Kier alpha value is -2.11. The van der Waals surface area contributed by atoms with Gasteiger partial charge in [0.1, 0.15) is 11.5 Å². The Kier molecular flexibility index (Phi) is 3.77. The van der Waals surface area contributed by atoms with E-state index < -0.39 is 0 Å². The van der Waals surface area contributed by atoms with Crippen LogP contribution in [0.2, 0.25) is 0 Å². The van der Waals surface area contributed by atoms with Crippen molar-refractivity contribution in [1.29, 1.82) is 0 Å². The third kappa shape index (κ3) is 2.84. The predicted molar refractivity (Wildman–Crippen MR) is 77.0 cm³/mol. The van der Waals surface area contributed by atoms with Crippen molar-refractivity contribution in [1.82, 2.24) is 19.8 Å². The Labute approximate surface area is 123 Å². The van der Waals surface area contributed by atoms with Crippen molar-refractivity contribution < 1.29 is 9.32 Å². The number of carbonyl (C=O) groups is 1. The maximum absolute atomic E-state index is 12.4. The van der Waals surface area contributed by atoms with Gasteiger partial charge in [-0.2, -0.15) is 5.10 Å². The summed E-state index contributed by atoms with van der Waals surface area (Å²) in [4.78, 5) is 14.3. The fourth-order valence-electron chi connectivity index (χ4n) is 2.76. The summed E-state index contributed by atoms with van der Waals surface area (Å²) in [7, 11) is 0.